The zero-order valence-electron chi connectivity index (χ0n) is 17.2. The fourth-order valence-corrected chi connectivity index (χ4v) is 3.52. The van der Waals surface area contributed by atoms with Crippen molar-refractivity contribution in [3.8, 4) is 0 Å². The van der Waals surface area contributed by atoms with E-state index in [4.69, 9.17) is 9.26 Å². The SMILES string of the molecule is CCc1noc([C@H](C)N2CCC[C@H](n3ncc(N(C)CCOC)cc3=O)C2)n1. The quantitative estimate of drug-likeness (QED) is 0.672. The second-order valence-corrected chi connectivity index (χ2v) is 7.28. The lowest BCUT2D eigenvalue weighted by atomic mass is 10.0. The number of aryl methyl sites for hydroxylation is 1. The number of aromatic nitrogens is 4. The highest BCUT2D eigenvalue weighted by atomic mass is 16.5. The van der Waals surface area contributed by atoms with Gasteiger partial charge in [-0.05, 0) is 26.3 Å². The number of methoxy groups -OCH3 is 1. The molecule has 3 heterocycles. The molecule has 0 aromatic carbocycles. The number of rotatable bonds is 8. The average molecular weight is 390 g/mol. The lowest BCUT2D eigenvalue weighted by Gasteiger charge is -2.35. The van der Waals surface area contributed by atoms with Gasteiger partial charge in [0.1, 0.15) is 0 Å². The maximum absolute atomic E-state index is 12.7. The van der Waals surface area contributed by atoms with Crippen molar-refractivity contribution in [1.82, 2.24) is 24.8 Å². The number of hydrogen-bond acceptors (Lipinski definition) is 8. The first-order chi connectivity index (χ1) is 13.5. The average Bonchev–Trinajstić information content (AvgIpc) is 3.20. The van der Waals surface area contributed by atoms with Gasteiger partial charge in [0.15, 0.2) is 5.82 Å². The van der Waals surface area contributed by atoms with Crippen molar-refractivity contribution in [3.05, 3.63) is 34.3 Å². The molecule has 28 heavy (non-hydrogen) atoms. The van der Waals surface area contributed by atoms with Crippen molar-refractivity contribution < 1.29 is 9.26 Å². The molecule has 1 aliphatic heterocycles. The molecule has 0 amide bonds. The van der Waals surface area contributed by atoms with Crippen LogP contribution in [0.15, 0.2) is 21.6 Å². The standard InChI is InChI=1S/C19H30N6O3/c1-5-17-21-19(28-22-17)14(2)24-8-6-7-15(13-24)25-18(26)11-16(12-20-25)23(3)9-10-27-4/h11-12,14-15H,5-10,13H2,1-4H3/t14-,15-/m0/s1. The number of likely N-dealkylation sites (N-methyl/N-ethyl adjacent to an activating group) is 1. The van der Waals surface area contributed by atoms with Gasteiger partial charge in [-0.3, -0.25) is 9.69 Å². The Morgan fingerprint density at radius 1 is 1.46 bits per heavy atom. The molecule has 1 aliphatic rings. The van der Waals surface area contributed by atoms with Gasteiger partial charge in [0, 0.05) is 39.7 Å². The summed E-state index contributed by atoms with van der Waals surface area (Å²) in [6, 6.07) is 1.71. The van der Waals surface area contributed by atoms with Gasteiger partial charge in [-0.25, -0.2) is 4.68 Å². The summed E-state index contributed by atoms with van der Waals surface area (Å²) >= 11 is 0. The molecule has 1 saturated heterocycles. The molecule has 0 radical (unpaired) electrons. The van der Waals surface area contributed by atoms with E-state index in [0.717, 1.165) is 43.9 Å². The molecule has 0 aliphatic carbocycles. The molecule has 0 bridgehead atoms. The van der Waals surface area contributed by atoms with Gasteiger partial charge in [0.05, 0.1) is 30.6 Å². The topological polar surface area (TPSA) is 89.5 Å². The third kappa shape index (κ3) is 4.59. The maximum Gasteiger partial charge on any atom is 0.269 e. The lowest BCUT2D eigenvalue weighted by Crippen LogP contribution is -2.42. The number of ether oxygens (including phenoxy) is 1. The van der Waals surface area contributed by atoms with E-state index in [1.54, 1.807) is 24.1 Å². The minimum Gasteiger partial charge on any atom is -0.383 e. The van der Waals surface area contributed by atoms with Crippen molar-refractivity contribution >= 4 is 5.69 Å². The normalized spacial score (nSPS) is 18.9. The Bertz CT molecular complexity index is 820. The van der Waals surface area contributed by atoms with Crippen molar-refractivity contribution in [1.29, 1.82) is 0 Å². The summed E-state index contributed by atoms with van der Waals surface area (Å²) in [7, 11) is 3.59. The third-order valence-corrected chi connectivity index (χ3v) is 5.36. The van der Waals surface area contributed by atoms with E-state index >= 15 is 0 Å². The maximum atomic E-state index is 12.7. The molecule has 0 spiro atoms. The molecule has 9 heteroatoms. The Hall–Kier alpha value is -2.26. The summed E-state index contributed by atoms with van der Waals surface area (Å²) in [5.41, 5.74) is 0.726. The zero-order valence-corrected chi connectivity index (χ0v) is 17.2. The first-order valence-electron chi connectivity index (χ1n) is 9.89. The molecular formula is C19H30N6O3. The second-order valence-electron chi connectivity index (χ2n) is 7.28. The van der Waals surface area contributed by atoms with Gasteiger partial charge in [0.2, 0.25) is 5.89 Å². The summed E-state index contributed by atoms with van der Waals surface area (Å²) in [5.74, 6) is 1.36. The monoisotopic (exact) mass is 390 g/mol. The van der Waals surface area contributed by atoms with E-state index in [9.17, 15) is 4.79 Å². The smallest absolute Gasteiger partial charge is 0.269 e. The summed E-state index contributed by atoms with van der Waals surface area (Å²) in [4.78, 5) is 21.4. The molecule has 3 rings (SSSR count). The highest BCUT2D eigenvalue weighted by Crippen LogP contribution is 2.27. The molecule has 9 nitrogen and oxygen atoms in total. The number of nitrogens with zero attached hydrogens (tertiary/aromatic N) is 6. The van der Waals surface area contributed by atoms with Gasteiger partial charge in [-0.1, -0.05) is 12.1 Å². The predicted molar refractivity (Wildman–Crippen MR) is 106 cm³/mol. The molecule has 0 unspecified atom stereocenters. The number of hydrogen-bond donors (Lipinski definition) is 0. The van der Waals surface area contributed by atoms with Crippen LogP contribution in [0.2, 0.25) is 0 Å². The highest BCUT2D eigenvalue weighted by molar-refractivity contribution is 5.41. The minimum atomic E-state index is -0.0765. The van der Waals surface area contributed by atoms with Crippen LogP contribution in [0, 0.1) is 0 Å². The van der Waals surface area contributed by atoms with Crippen LogP contribution >= 0.6 is 0 Å². The Balaban J connectivity index is 1.70. The van der Waals surface area contributed by atoms with Gasteiger partial charge in [-0.15, -0.1) is 0 Å². The van der Waals surface area contributed by atoms with Crippen LogP contribution in [0.5, 0.6) is 0 Å². The highest BCUT2D eigenvalue weighted by Gasteiger charge is 2.29. The zero-order chi connectivity index (χ0) is 20.1. The van der Waals surface area contributed by atoms with Gasteiger partial charge < -0.3 is 14.2 Å². The minimum absolute atomic E-state index is 0.0192. The molecule has 2 aromatic heterocycles. The summed E-state index contributed by atoms with van der Waals surface area (Å²) in [6.45, 7) is 7.06. The van der Waals surface area contributed by atoms with E-state index in [1.165, 1.54) is 0 Å². The number of piperidine rings is 1. The Kier molecular flexibility index (Phi) is 6.79. The molecule has 2 atom stereocenters. The molecular weight excluding hydrogens is 360 g/mol. The summed E-state index contributed by atoms with van der Waals surface area (Å²) < 4.78 is 12.1. The van der Waals surface area contributed by atoms with E-state index in [2.05, 4.69) is 27.1 Å². The number of likely N-dealkylation sites (tertiary alicyclic amines) is 1. The Morgan fingerprint density at radius 2 is 2.29 bits per heavy atom. The van der Waals surface area contributed by atoms with Crippen molar-refractivity contribution in [2.24, 2.45) is 0 Å². The van der Waals surface area contributed by atoms with Crippen molar-refractivity contribution in [3.63, 3.8) is 0 Å². The fraction of sp³-hybridized carbons (Fsp3) is 0.684. The third-order valence-electron chi connectivity index (χ3n) is 5.36. The van der Waals surface area contributed by atoms with Crippen LogP contribution < -0.4 is 10.5 Å². The van der Waals surface area contributed by atoms with Crippen LogP contribution in [-0.2, 0) is 11.2 Å². The number of anilines is 1. The van der Waals surface area contributed by atoms with Gasteiger partial charge in [0.25, 0.3) is 5.56 Å². The van der Waals surface area contributed by atoms with E-state index in [-0.39, 0.29) is 17.6 Å². The molecule has 1 fully saturated rings. The molecule has 0 N–H and O–H groups in total. The fourth-order valence-electron chi connectivity index (χ4n) is 3.52. The van der Waals surface area contributed by atoms with Gasteiger partial charge >= 0.3 is 0 Å². The van der Waals surface area contributed by atoms with E-state index in [1.807, 2.05) is 18.9 Å². The van der Waals surface area contributed by atoms with Crippen molar-refractivity contribution in [2.45, 2.75) is 45.2 Å². The van der Waals surface area contributed by atoms with Crippen LogP contribution in [-0.4, -0.2) is 65.2 Å². The second kappa shape index (κ2) is 9.29. The van der Waals surface area contributed by atoms with Crippen LogP contribution in [0.3, 0.4) is 0 Å². The molecule has 0 saturated carbocycles. The first kappa shape index (κ1) is 20.5. The molecule has 154 valence electrons. The first-order valence-corrected chi connectivity index (χ1v) is 9.89. The molecule has 2 aromatic rings. The largest absolute Gasteiger partial charge is 0.383 e. The Labute approximate surface area is 165 Å². The van der Waals surface area contributed by atoms with Gasteiger partial charge in [-0.2, -0.15) is 10.1 Å². The van der Waals surface area contributed by atoms with E-state index < -0.39 is 0 Å². The summed E-state index contributed by atoms with van der Waals surface area (Å²) in [6.07, 6.45) is 4.43. The predicted octanol–water partition coefficient (Wildman–Crippen LogP) is 1.67. The van der Waals surface area contributed by atoms with Crippen LogP contribution in [0.1, 0.15) is 50.5 Å². The lowest BCUT2D eigenvalue weighted by molar-refractivity contribution is 0.108. The van der Waals surface area contributed by atoms with Crippen LogP contribution in [0.4, 0.5) is 5.69 Å². The summed E-state index contributed by atoms with van der Waals surface area (Å²) in [5, 5.41) is 8.45. The van der Waals surface area contributed by atoms with E-state index in [0.29, 0.717) is 19.0 Å². The van der Waals surface area contributed by atoms with Crippen LogP contribution in [0.25, 0.3) is 0 Å². The van der Waals surface area contributed by atoms with Crippen molar-refractivity contribution in [2.75, 3.05) is 45.3 Å². The Morgan fingerprint density at radius 3 is 2.96 bits per heavy atom.